The molecule has 0 amide bonds. The zero-order valence-electron chi connectivity index (χ0n) is 40.5. The van der Waals surface area contributed by atoms with E-state index in [-0.39, 0.29) is 31.1 Å². The minimum atomic E-state index is -0.759. The Balaban J connectivity index is 3.93. The van der Waals surface area contributed by atoms with Gasteiger partial charge in [-0.2, -0.15) is 0 Å². The van der Waals surface area contributed by atoms with E-state index in [4.69, 9.17) is 14.2 Å². The van der Waals surface area contributed by atoms with Crippen molar-refractivity contribution in [2.75, 3.05) is 13.2 Å². The smallest absolute Gasteiger partial charge is 0.306 e. The van der Waals surface area contributed by atoms with Gasteiger partial charge < -0.3 is 14.2 Å². The highest BCUT2D eigenvalue weighted by molar-refractivity contribution is 5.71. The third-order valence-corrected chi connectivity index (χ3v) is 12.0. The molecule has 0 saturated carbocycles. The van der Waals surface area contributed by atoms with Crippen molar-refractivity contribution < 1.29 is 28.6 Å². The molecule has 0 aliphatic heterocycles. The molecule has 0 aliphatic carbocycles. The molecule has 0 fully saturated rings. The number of unbranched alkanes of at least 4 members (excludes halogenated alkanes) is 36. The molecule has 0 N–H and O–H groups in total. The number of ether oxygens (including phenoxy) is 3. The Kier molecular flexibility index (Phi) is 48.3. The average molecular weight is 847 g/mol. The lowest BCUT2D eigenvalue weighted by Gasteiger charge is -2.18. The van der Waals surface area contributed by atoms with Crippen LogP contribution in [0, 0.1) is 0 Å². The summed E-state index contributed by atoms with van der Waals surface area (Å²) in [7, 11) is 0. The van der Waals surface area contributed by atoms with Crippen LogP contribution >= 0.6 is 0 Å². The summed E-state index contributed by atoms with van der Waals surface area (Å²) in [5.41, 5.74) is 0. The summed E-state index contributed by atoms with van der Waals surface area (Å²) < 4.78 is 16.7. The minimum Gasteiger partial charge on any atom is -0.462 e. The van der Waals surface area contributed by atoms with Crippen molar-refractivity contribution in [2.24, 2.45) is 0 Å². The second-order valence-electron chi connectivity index (χ2n) is 18.2. The van der Waals surface area contributed by atoms with Gasteiger partial charge in [0.25, 0.3) is 0 Å². The molecule has 0 aromatic carbocycles. The molecule has 354 valence electrons. The fraction of sp³-hybridized carbons (Fsp3) is 0.907. The highest BCUT2D eigenvalue weighted by atomic mass is 16.6. The van der Waals surface area contributed by atoms with Gasteiger partial charge in [-0.05, 0) is 44.9 Å². The Labute approximate surface area is 373 Å². The molecule has 6 heteroatoms. The molecular weight excluding hydrogens is 745 g/mol. The van der Waals surface area contributed by atoms with E-state index in [1.165, 1.54) is 199 Å². The van der Waals surface area contributed by atoms with Crippen molar-refractivity contribution >= 4 is 17.9 Å². The molecule has 1 unspecified atom stereocenters. The van der Waals surface area contributed by atoms with Crippen molar-refractivity contribution in [3.63, 3.8) is 0 Å². The summed E-state index contributed by atoms with van der Waals surface area (Å²) in [6.07, 6.45) is 55.3. The maximum absolute atomic E-state index is 12.6. The van der Waals surface area contributed by atoms with E-state index in [9.17, 15) is 14.4 Å². The van der Waals surface area contributed by atoms with Crippen LogP contribution < -0.4 is 0 Å². The third kappa shape index (κ3) is 47.2. The van der Waals surface area contributed by atoms with Crippen molar-refractivity contribution in [3.8, 4) is 0 Å². The molecule has 6 nitrogen and oxygen atoms in total. The van der Waals surface area contributed by atoms with Crippen LogP contribution in [0.2, 0.25) is 0 Å². The van der Waals surface area contributed by atoms with Gasteiger partial charge in [0.1, 0.15) is 13.2 Å². The molecule has 0 aliphatic rings. The third-order valence-electron chi connectivity index (χ3n) is 12.0. The van der Waals surface area contributed by atoms with Gasteiger partial charge in [0.05, 0.1) is 0 Å². The van der Waals surface area contributed by atoms with Gasteiger partial charge in [0, 0.05) is 19.3 Å². The Hall–Kier alpha value is -1.85. The van der Waals surface area contributed by atoms with Crippen LogP contribution in [0.1, 0.15) is 297 Å². The van der Waals surface area contributed by atoms with E-state index < -0.39 is 6.10 Å². The van der Waals surface area contributed by atoms with Crippen LogP contribution in [-0.2, 0) is 28.6 Å². The first-order valence-corrected chi connectivity index (χ1v) is 26.7. The fourth-order valence-electron chi connectivity index (χ4n) is 7.97. The molecule has 0 spiro atoms. The largest absolute Gasteiger partial charge is 0.462 e. The average Bonchev–Trinajstić information content (AvgIpc) is 3.24. The Morgan fingerprint density at radius 3 is 0.833 bits per heavy atom. The van der Waals surface area contributed by atoms with Gasteiger partial charge in [-0.1, -0.05) is 245 Å². The van der Waals surface area contributed by atoms with E-state index in [2.05, 4.69) is 32.9 Å². The summed E-state index contributed by atoms with van der Waals surface area (Å²) in [4.78, 5) is 37.6. The number of carbonyl (C=O) groups is 3. The van der Waals surface area contributed by atoms with Crippen LogP contribution in [0.3, 0.4) is 0 Å². The molecular formula is C54H102O6. The van der Waals surface area contributed by atoms with E-state index in [1.54, 1.807) is 0 Å². The van der Waals surface area contributed by atoms with Crippen LogP contribution in [0.4, 0.5) is 0 Å². The molecule has 0 rings (SSSR count). The normalized spacial score (nSPS) is 12.0. The first-order chi connectivity index (χ1) is 29.5. The number of hydrogen-bond donors (Lipinski definition) is 0. The number of hydrogen-bond acceptors (Lipinski definition) is 6. The van der Waals surface area contributed by atoms with E-state index >= 15 is 0 Å². The van der Waals surface area contributed by atoms with Gasteiger partial charge in [0.2, 0.25) is 0 Å². The van der Waals surface area contributed by atoms with Crippen LogP contribution in [0.15, 0.2) is 12.2 Å². The highest BCUT2D eigenvalue weighted by Crippen LogP contribution is 2.16. The number of rotatable bonds is 49. The minimum absolute atomic E-state index is 0.0654. The number of esters is 3. The summed E-state index contributed by atoms with van der Waals surface area (Å²) >= 11 is 0. The number of carbonyl (C=O) groups excluding carboxylic acids is 3. The zero-order valence-corrected chi connectivity index (χ0v) is 40.5. The topological polar surface area (TPSA) is 78.9 Å². The van der Waals surface area contributed by atoms with Gasteiger partial charge >= 0.3 is 17.9 Å². The van der Waals surface area contributed by atoms with E-state index in [1.807, 2.05) is 0 Å². The van der Waals surface area contributed by atoms with Gasteiger partial charge in [-0.3, -0.25) is 14.4 Å². The van der Waals surface area contributed by atoms with Gasteiger partial charge in [-0.25, -0.2) is 0 Å². The van der Waals surface area contributed by atoms with Crippen LogP contribution in [0.5, 0.6) is 0 Å². The van der Waals surface area contributed by atoms with Crippen molar-refractivity contribution in [1.82, 2.24) is 0 Å². The number of allylic oxidation sites excluding steroid dienone is 2. The lowest BCUT2D eigenvalue weighted by molar-refractivity contribution is -0.167. The highest BCUT2D eigenvalue weighted by Gasteiger charge is 2.19. The summed E-state index contributed by atoms with van der Waals surface area (Å²) in [6.45, 7) is 6.59. The molecule has 0 aromatic heterocycles. The quantitative estimate of drug-likeness (QED) is 0.0263. The monoisotopic (exact) mass is 847 g/mol. The second kappa shape index (κ2) is 49.8. The first-order valence-electron chi connectivity index (χ1n) is 26.7. The van der Waals surface area contributed by atoms with Gasteiger partial charge in [0.15, 0.2) is 6.10 Å². The lowest BCUT2D eigenvalue weighted by atomic mass is 10.0. The summed E-state index contributed by atoms with van der Waals surface area (Å²) in [5.74, 6) is -0.864. The predicted octanol–water partition coefficient (Wildman–Crippen LogP) is 17.4. The molecule has 60 heavy (non-hydrogen) atoms. The first kappa shape index (κ1) is 58.1. The summed E-state index contributed by atoms with van der Waals surface area (Å²) in [6, 6.07) is 0. The van der Waals surface area contributed by atoms with E-state index in [0.717, 1.165) is 57.8 Å². The second-order valence-corrected chi connectivity index (χ2v) is 18.2. The lowest BCUT2D eigenvalue weighted by Crippen LogP contribution is -2.30. The van der Waals surface area contributed by atoms with Crippen molar-refractivity contribution in [1.29, 1.82) is 0 Å². The molecule has 1 atom stereocenters. The van der Waals surface area contributed by atoms with Crippen LogP contribution in [0.25, 0.3) is 0 Å². The Morgan fingerprint density at radius 2 is 0.550 bits per heavy atom. The van der Waals surface area contributed by atoms with E-state index in [0.29, 0.717) is 19.3 Å². The zero-order chi connectivity index (χ0) is 43.7. The Bertz CT molecular complexity index is 931. The molecule has 0 heterocycles. The van der Waals surface area contributed by atoms with Crippen molar-refractivity contribution in [2.45, 2.75) is 303 Å². The Morgan fingerprint density at radius 1 is 0.317 bits per heavy atom. The fourth-order valence-corrected chi connectivity index (χ4v) is 7.97. The molecule has 0 saturated heterocycles. The van der Waals surface area contributed by atoms with Gasteiger partial charge in [-0.15, -0.1) is 0 Å². The summed E-state index contributed by atoms with van der Waals surface area (Å²) in [5, 5.41) is 0. The molecule has 0 radical (unpaired) electrons. The standard InChI is InChI=1S/C54H102O6/c1-4-7-10-13-16-18-19-20-21-22-23-24-25-26-27-28-29-30-31-32-33-34-35-36-39-41-44-47-53(56)59-50-51(49-58-52(55)46-43-40-37-15-12-9-6-3)60-54(57)48-45-42-38-17-14-11-8-5-2/h22-23,51H,4-21,24-50H2,1-3H3/b23-22-. The predicted molar refractivity (Wildman–Crippen MR) is 256 cm³/mol. The SMILES string of the molecule is CCCCCCCCCC/C=C\CCCCCCCCCCCCCCCCCC(=O)OCC(COC(=O)CCCCCCCCC)OC(=O)CCCCCCCCCC. The maximum atomic E-state index is 12.6. The van der Waals surface area contributed by atoms with Crippen LogP contribution in [-0.4, -0.2) is 37.2 Å². The maximum Gasteiger partial charge on any atom is 0.306 e. The molecule has 0 bridgehead atoms. The van der Waals surface area contributed by atoms with Crippen molar-refractivity contribution in [3.05, 3.63) is 12.2 Å². The molecule has 0 aromatic rings.